The molecule has 0 atom stereocenters. The van der Waals surface area contributed by atoms with E-state index in [1.165, 1.54) is 23.5 Å². The molecule has 0 saturated carbocycles. The van der Waals surface area contributed by atoms with E-state index in [0.29, 0.717) is 22.7 Å². The Hall–Kier alpha value is -3.10. The number of benzene rings is 2. The van der Waals surface area contributed by atoms with Gasteiger partial charge in [0, 0.05) is 12.1 Å². The number of aromatic nitrogens is 3. The van der Waals surface area contributed by atoms with Gasteiger partial charge in [0.05, 0.1) is 16.2 Å². The molecule has 1 amide bonds. The number of carbonyl (C=O) groups excluding carboxylic acids is 1. The number of nitrogens with zero attached hydrogens (tertiary/aromatic N) is 2. The van der Waals surface area contributed by atoms with Crippen LogP contribution in [-0.4, -0.2) is 32.9 Å². The number of aromatic amines is 1. The van der Waals surface area contributed by atoms with Crippen molar-refractivity contribution in [3.8, 4) is 11.1 Å². The van der Waals surface area contributed by atoms with E-state index in [1.54, 1.807) is 0 Å². The summed E-state index contributed by atoms with van der Waals surface area (Å²) in [5.74, 6) is 0.0158. The molecular formula is C23H20N4O2S2. The van der Waals surface area contributed by atoms with Crippen LogP contribution in [0, 0.1) is 0 Å². The van der Waals surface area contributed by atoms with Crippen LogP contribution < -0.4 is 10.9 Å². The lowest BCUT2D eigenvalue weighted by Gasteiger charge is -2.09. The van der Waals surface area contributed by atoms with E-state index in [-0.39, 0.29) is 17.2 Å². The number of hydrogen-bond donors (Lipinski definition) is 2. The van der Waals surface area contributed by atoms with Crippen LogP contribution in [0.3, 0.4) is 0 Å². The average molecular weight is 449 g/mol. The Bertz CT molecular complexity index is 1260. The van der Waals surface area contributed by atoms with Crippen LogP contribution in [0.15, 0.2) is 81.7 Å². The number of fused-ring (bicyclic) bond motifs is 1. The maximum absolute atomic E-state index is 12.9. The van der Waals surface area contributed by atoms with Crippen molar-refractivity contribution < 1.29 is 4.79 Å². The zero-order chi connectivity index (χ0) is 21.6. The zero-order valence-electron chi connectivity index (χ0n) is 16.8. The van der Waals surface area contributed by atoms with E-state index in [4.69, 9.17) is 0 Å². The first kappa shape index (κ1) is 21.1. The molecular weight excluding hydrogens is 428 g/mol. The van der Waals surface area contributed by atoms with Gasteiger partial charge in [-0.1, -0.05) is 72.4 Å². The Morgan fingerprint density at radius 3 is 2.45 bits per heavy atom. The van der Waals surface area contributed by atoms with Gasteiger partial charge in [-0.2, -0.15) is 0 Å². The third-order valence-corrected chi connectivity index (χ3v) is 6.10. The Kier molecular flexibility index (Phi) is 6.69. The lowest BCUT2D eigenvalue weighted by Crippen LogP contribution is -2.24. The second-order valence-electron chi connectivity index (χ2n) is 6.70. The molecule has 156 valence electrons. The molecule has 0 bridgehead atoms. The van der Waals surface area contributed by atoms with Crippen molar-refractivity contribution in [3.05, 3.63) is 82.6 Å². The molecule has 2 heterocycles. The molecule has 0 radical (unpaired) electrons. The monoisotopic (exact) mass is 448 g/mol. The number of H-pyrrole nitrogens is 1. The number of pyridine rings is 1. The van der Waals surface area contributed by atoms with Crippen LogP contribution in [0.5, 0.6) is 0 Å². The van der Waals surface area contributed by atoms with Crippen LogP contribution in [0.4, 0.5) is 0 Å². The maximum atomic E-state index is 12.9. The zero-order valence-corrected chi connectivity index (χ0v) is 18.4. The summed E-state index contributed by atoms with van der Waals surface area (Å²) >= 11 is 2.67. The van der Waals surface area contributed by atoms with E-state index in [2.05, 4.69) is 20.3 Å². The molecule has 0 saturated heterocycles. The van der Waals surface area contributed by atoms with Crippen LogP contribution in [0.1, 0.15) is 5.56 Å². The second-order valence-corrected chi connectivity index (χ2v) is 8.49. The summed E-state index contributed by atoms with van der Waals surface area (Å²) in [7, 11) is 0. The van der Waals surface area contributed by atoms with E-state index in [0.717, 1.165) is 21.7 Å². The molecule has 0 aliphatic rings. The fourth-order valence-electron chi connectivity index (χ4n) is 3.10. The molecule has 0 aliphatic heterocycles. The fourth-order valence-corrected chi connectivity index (χ4v) is 4.20. The molecule has 0 unspecified atom stereocenters. The smallest absolute Gasteiger partial charge is 0.261 e. The molecule has 4 rings (SSSR count). The minimum Gasteiger partial charge on any atom is -0.351 e. The normalized spacial score (nSPS) is 10.9. The van der Waals surface area contributed by atoms with Crippen LogP contribution in [-0.2, 0) is 11.3 Å². The minimum atomic E-state index is -0.267. The molecule has 0 spiro atoms. The molecule has 8 heteroatoms. The van der Waals surface area contributed by atoms with Crippen molar-refractivity contribution in [1.29, 1.82) is 0 Å². The lowest BCUT2D eigenvalue weighted by molar-refractivity contribution is -0.118. The number of rotatable bonds is 7. The SMILES string of the molecule is CSc1cc(-c2ccccc2)c2c(=O)[nH]c(SCC(=O)NCc3ccccc3)nc2n1. The quantitative estimate of drug-likeness (QED) is 0.327. The molecule has 31 heavy (non-hydrogen) atoms. The Labute approximate surface area is 187 Å². The number of carbonyl (C=O) groups is 1. The van der Waals surface area contributed by atoms with Gasteiger partial charge in [0.1, 0.15) is 0 Å². The van der Waals surface area contributed by atoms with Crippen LogP contribution in [0.25, 0.3) is 22.2 Å². The Morgan fingerprint density at radius 1 is 1.03 bits per heavy atom. The molecule has 2 aromatic heterocycles. The summed E-state index contributed by atoms with van der Waals surface area (Å²) in [5.41, 5.74) is 2.86. The minimum absolute atomic E-state index is 0.132. The third-order valence-electron chi connectivity index (χ3n) is 4.60. The van der Waals surface area contributed by atoms with Crippen molar-refractivity contribution in [3.63, 3.8) is 0 Å². The lowest BCUT2D eigenvalue weighted by atomic mass is 10.0. The van der Waals surface area contributed by atoms with Crippen LogP contribution in [0.2, 0.25) is 0 Å². The highest BCUT2D eigenvalue weighted by molar-refractivity contribution is 7.99. The predicted molar refractivity (Wildman–Crippen MR) is 126 cm³/mol. The van der Waals surface area contributed by atoms with Gasteiger partial charge >= 0.3 is 0 Å². The van der Waals surface area contributed by atoms with Gasteiger partial charge in [-0.05, 0) is 23.4 Å². The number of thioether (sulfide) groups is 2. The van der Waals surface area contributed by atoms with E-state index in [9.17, 15) is 9.59 Å². The summed E-state index contributed by atoms with van der Waals surface area (Å²) in [6.07, 6.45) is 1.93. The van der Waals surface area contributed by atoms with Crippen LogP contribution >= 0.6 is 23.5 Å². The maximum Gasteiger partial charge on any atom is 0.261 e. The average Bonchev–Trinajstić information content (AvgIpc) is 2.81. The highest BCUT2D eigenvalue weighted by atomic mass is 32.2. The topological polar surface area (TPSA) is 87.7 Å². The first-order valence-electron chi connectivity index (χ1n) is 9.62. The highest BCUT2D eigenvalue weighted by Gasteiger charge is 2.14. The molecule has 2 N–H and O–H groups in total. The summed E-state index contributed by atoms with van der Waals surface area (Å²) in [5, 5.41) is 4.47. The van der Waals surface area contributed by atoms with E-state index < -0.39 is 0 Å². The summed E-state index contributed by atoms with van der Waals surface area (Å²) < 4.78 is 0. The first-order chi connectivity index (χ1) is 15.1. The first-order valence-corrected chi connectivity index (χ1v) is 11.8. The van der Waals surface area contributed by atoms with Gasteiger partial charge in [0.15, 0.2) is 10.8 Å². The van der Waals surface area contributed by atoms with Gasteiger partial charge in [0.25, 0.3) is 5.56 Å². The molecule has 2 aromatic carbocycles. The summed E-state index contributed by atoms with van der Waals surface area (Å²) in [6.45, 7) is 0.459. The number of amides is 1. The van der Waals surface area contributed by atoms with E-state index in [1.807, 2.05) is 73.0 Å². The van der Waals surface area contributed by atoms with Crippen molar-refractivity contribution in [2.75, 3.05) is 12.0 Å². The Morgan fingerprint density at radius 2 is 1.74 bits per heavy atom. The van der Waals surface area contributed by atoms with Gasteiger partial charge in [0.2, 0.25) is 5.91 Å². The number of nitrogens with one attached hydrogen (secondary N) is 2. The molecule has 4 aromatic rings. The molecule has 0 fully saturated rings. The van der Waals surface area contributed by atoms with Gasteiger partial charge in [-0.15, -0.1) is 11.8 Å². The third kappa shape index (κ3) is 5.15. The van der Waals surface area contributed by atoms with Crippen molar-refractivity contribution in [1.82, 2.24) is 20.3 Å². The Balaban J connectivity index is 1.56. The van der Waals surface area contributed by atoms with Gasteiger partial charge in [-0.25, -0.2) is 9.97 Å². The highest BCUT2D eigenvalue weighted by Crippen LogP contribution is 2.29. The fraction of sp³-hybridized carbons (Fsp3) is 0.130. The van der Waals surface area contributed by atoms with E-state index >= 15 is 0 Å². The predicted octanol–water partition coefficient (Wildman–Crippen LogP) is 4.12. The summed E-state index contributed by atoms with van der Waals surface area (Å²) in [6, 6.07) is 21.3. The van der Waals surface area contributed by atoms with Gasteiger partial charge in [-0.3, -0.25) is 9.59 Å². The number of hydrogen-bond acceptors (Lipinski definition) is 6. The van der Waals surface area contributed by atoms with Gasteiger partial charge < -0.3 is 10.3 Å². The van der Waals surface area contributed by atoms with Crippen molar-refractivity contribution >= 4 is 40.5 Å². The second kappa shape index (κ2) is 9.80. The summed E-state index contributed by atoms with van der Waals surface area (Å²) in [4.78, 5) is 36.9. The standard InChI is InChI=1S/C23H20N4O2S2/c1-30-19-12-17(16-10-6-3-7-11-16)20-21(25-19)26-23(27-22(20)29)31-14-18(28)24-13-15-8-4-2-5-9-15/h2-12H,13-14H2,1H3,(H,24,28)(H,25,26,27,29). The molecule has 0 aliphatic carbocycles. The molecule has 6 nitrogen and oxygen atoms in total. The largest absolute Gasteiger partial charge is 0.351 e. The van der Waals surface area contributed by atoms with Crippen molar-refractivity contribution in [2.45, 2.75) is 16.7 Å². The van der Waals surface area contributed by atoms with Crippen molar-refractivity contribution in [2.24, 2.45) is 0 Å².